The summed E-state index contributed by atoms with van der Waals surface area (Å²) in [7, 11) is 1.76. The van der Waals surface area contributed by atoms with Crippen LogP contribution in [0.2, 0.25) is 0 Å². The molecule has 0 bridgehead atoms. The van der Waals surface area contributed by atoms with Gasteiger partial charge in [-0.2, -0.15) is 0 Å². The summed E-state index contributed by atoms with van der Waals surface area (Å²) in [4.78, 5) is 17.2. The number of halogens is 1. The summed E-state index contributed by atoms with van der Waals surface area (Å²) in [5.41, 5.74) is 0.851. The molecule has 1 aliphatic rings. The standard InChI is InChI=1S/C18H26BrN3O2/c1-18(2,3)22-7-5-6-21(8-9-22)11-13-10-14-16(24-13)15(19)12-20(4)17(14)23/h10,12H,5-9,11H2,1-4H3. The number of rotatable bonds is 2. The van der Waals surface area contributed by atoms with Gasteiger partial charge in [-0.3, -0.25) is 14.6 Å². The van der Waals surface area contributed by atoms with Crippen molar-refractivity contribution in [1.29, 1.82) is 0 Å². The van der Waals surface area contributed by atoms with Crippen molar-refractivity contribution in [3.63, 3.8) is 0 Å². The van der Waals surface area contributed by atoms with Crippen LogP contribution in [0.4, 0.5) is 0 Å². The maximum atomic E-state index is 12.3. The van der Waals surface area contributed by atoms with Gasteiger partial charge in [-0.05, 0) is 62.3 Å². The molecule has 24 heavy (non-hydrogen) atoms. The van der Waals surface area contributed by atoms with E-state index in [4.69, 9.17) is 4.42 Å². The van der Waals surface area contributed by atoms with Gasteiger partial charge < -0.3 is 8.98 Å². The van der Waals surface area contributed by atoms with Gasteiger partial charge in [0.2, 0.25) is 0 Å². The van der Waals surface area contributed by atoms with E-state index in [1.807, 2.05) is 6.07 Å². The molecular weight excluding hydrogens is 370 g/mol. The molecule has 1 fully saturated rings. The Morgan fingerprint density at radius 1 is 1.21 bits per heavy atom. The Morgan fingerprint density at radius 2 is 1.96 bits per heavy atom. The van der Waals surface area contributed by atoms with E-state index in [1.54, 1.807) is 17.8 Å². The Hall–Kier alpha value is -1.11. The zero-order chi connectivity index (χ0) is 17.5. The van der Waals surface area contributed by atoms with Crippen LogP contribution in [0.15, 0.2) is 25.9 Å². The summed E-state index contributed by atoms with van der Waals surface area (Å²) >= 11 is 3.49. The maximum absolute atomic E-state index is 12.3. The largest absolute Gasteiger partial charge is 0.458 e. The van der Waals surface area contributed by atoms with Crippen molar-refractivity contribution in [2.45, 2.75) is 39.3 Å². The van der Waals surface area contributed by atoms with E-state index in [1.165, 1.54) is 0 Å². The minimum absolute atomic E-state index is 0.0158. The van der Waals surface area contributed by atoms with Crippen LogP contribution in [0.1, 0.15) is 33.0 Å². The van der Waals surface area contributed by atoms with Crippen molar-refractivity contribution in [2.24, 2.45) is 7.05 Å². The van der Waals surface area contributed by atoms with Crippen molar-refractivity contribution in [3.05, 3.63) is 32.8 Å². The van der Waals surface area contributed by atoms with Gasteiger partial charge in [-0.25, -0.2) is 0 Å². The predicted octanol–water partition coefficient (Wildman–Crippen LogP) is 3.20. The fourth-order valence-electron chi connectivity index (χ4n) is 3.35. The van der Waals surface area contributed by atoms with Crippen LogP contribution < -0.4 is 5.56 Å². The number of fused-ring (bicyclic) bond motifs is 1. The number of aryl methyl sites for hydroxylation is 1. The Morgan fingerprint density at radius 3 is 2.67 bits per heavy atom. The third-order valence-corrected chi connectivity index (χ3v) is 5.34. The molecule has 0 saturated carbocycles. The second-order valence-corrected chi connectivity index (χ2v) is 8.49. The molecular formula is C18H26BrN3O2. The highest BCUT2D eigenvalue weighted by atomic mass is 79.9. The van der Waals surface area contributed by atoms with Gasteiger partial charge in [0.25, 0.3) is 5.56 Å². The van der Waals surface area contributed by atoms with Crippen LogP contribution in [0, 0.1) is 0 Å². The Bertz CT molecular complexity index is 788. The van der Waals surface area contributed by atoms with E-state index < -0.39 is 0 Å². The summed E-state index contributed by atoms with van der Waals surface area (Å²) in [6.45, 7) is 11.8. The van der Waals surface area contributed by atoms with Gasteiger partial charge in [0.1, 0.15) is 5.76 Å². The number of aromatic nitrogens is 1. The quantitative estimate of drug-likeness (QED) is 0.782. The SMILES string of the molecule is Cn1cc(Br)c2oc(CN3CCCN(C(C)(C)C)CC3)cc2c1=O. The fourth-order valence-corrected chi connectivity index (χ4v) is 3.96. The molecule has 0 radical (unpaired) electrons. The van der Waals surface area contributed by atoms with Crippen LogP contribution in [-0.2, 0) is 13.6 Å². The number of pyridine rings is 1. The van der Waals surface area contributed by atoms with E-state index in [9.17, 15) is 4.79 Å². The van der Waals surface area contributed by atoms with Crippen molar-refractivity contribution >= 4 is 26.9 Å². The van der Waals surface area contributed by atoms with Crippen LogP contribution in [0.3, 0.4) is 0 Å². The Kier molecular flexibility index (Phi) is 4.91. The Labute approximate surface area is 151 Å². The number of nitrogens with zero attached hydrogens (tertiary/aromatic N) is 3. The summed E-state index contributed by atoms with van der Waals surface area (Å²) in [5, 5.41) is 0.646. The van der Waals surface area contributed by atoms with Gasteiger partial charge in [0.05, 0.1) is 16.4 Å². The molecule has 132 valence electrons. The molecule has 0 spiro atoms. The van der Waals surface area contributed by atoms with Crippen molar-refractivity contribution < 1.29 is 4.42 Å². The molecule has 0 N–H and O–H groups in total. The van der Waals surface area contributed by atoms with Gasteiger partial charge in [-0.1, -0.05) is 0 Å². The first kappa shape index (κ1) is 17.7. The van der Waals surface area contributed by atoms with Crippen LogP contribution in [0.25, 0.3) is 11.0 Å². The summed E-state index contributed by atoms with van der Waals surface area (Å²) in [6, 6.07) is 1.90. The number of hydrogen-bond donors (Lipinski definition) is 0. The molecule has 0 aromatic carbocycles. The Balaban J connectivity index is 1.77. The van der Waals surface area contributed by atoms with E-state index in [2.05, 4.69) is 46.5 Å². The molecule has 5 nitrogen and oxygen atoms in total. The van der Waals surface area contributed by atoms with E-state index in [0.717, 1.165) is 49.4 Å². The lowest BCUT2D eigenvalue weighted by atomic mass is 10.1. The average molecular weight is 396 g/mol. The monoisotopic (exact) mass is 395 g/mol. The molecule has 0 atom stereocenters. The molecule has 1 aliphatic heterocycles. The zero-order valence-electron chi connectivity index (χ0n) is 14.9. The first-order valence-electron chi connectivity index (χ1n) is 8.50. The van der Waals surface area contributed by atoms with Crippen LogP contribution in [-0.4, -0.2) is 46.1 Å². The number of furan rings is 1. The summed E-state index contributed by atoms with van der Waals surface area (Å²) < 4.78 is 8.36. The molecule has 3 heterocycles. The van der Waals surface area contributed by atoms with E-state index in [0.29, 0.717) is 11.0 Å². The minimum Gasteiger partial charge on any atom is -0.458 e. The lowest BCUT2D eigenvalue weighted by molar-refractivity contribution is 0.139. The first-order chi connectivity index (χ1) is 11.3. The average Bonchev–Trinajstić information content (AvgIpc) is 2.76. The third-order valence-electron chi connectivity index (χ3n) is 4.77. The fraction of sp³-hybridized carbons (Fsp3) is 0.611. The highest BCUT2D eigenvalue weighted by Gasteiger charge is 2.24. The van der Waals surface area contributed by atoms with Gasteiger partial charge in [-0.15, -0.1) is 0 Å². The van der Waals surface area contributed by atoms with Crippen molar-refractivity contribution in [1.82, 2.24) is 14.4 Å². The van der Waals surface area contributed by atoms with Gasteiger partial charge in [0.15, 0.2) is 5.58 Å². The molecule has 2 aromatic heterocycles. The number of hydrogen-bond acceptors (Lipinski definition) is 4. The molecule has 6 heteroatoms. The second kappa shape index (κ2) is 6.65. The highest BCUT2D eigenvalue weighted by Crippen LogP contribution is 2.25. The summed E-state index contributed by atoms with van der Waals surface area (Å²) in [5.74, 6) is 0.859. The minimum atomic E-state index is -0.0158. The first-order valence-corrected chi connectivity index (χ1v) is 9.30. The smallest absolute Gasteiger partial charge is 0.261 e. The van der Waals surface area contributed by atoms with E-state index in [-0.39, 0.29) is 11.1 Å². The van der Waals surface area contributed by atoms with Gasteiger partial charge in [0, 0.05) is 31.9 Å². The lowest BCUT2D eigenvalue weighted by Crippen LogP contribution is -2.43. The molecule has 0 aliphatic carbocycles. The maximum Gasteiger partial charge on any atom is 0.261 e. The van der Waals surface area contributed by atoms with Crippen LogP contribution in [0.5, 0.6) is 0 Å². The normalized spacial score (nSPS) is 18.2. The third kappa shape index (κ3) is 3.60. The highest BCUT2D eigenvalue weighted by molar-refractivity contribution is 9.10. The van der Waals surface area contributed by atoms with Gasteiger partial charge >= 0.3 is 0 Å². The van der Waals surface area contributed by atoms with Crippen molar-refractivity contribution in [3.8, 4) is 0 Å². The van der Waals surface area contributed by atoms with E-state index >= 15 is 0 Å². The predicted molar refractivity (Wildman–Crippen MR) is 100 cm³/mol. The second-order valence-electron chi connectivity index (χ2n) is 7.64. The molecule has 1 saturated heterocycles. The topological polar surface area (TPSA) is 41.6 Å². The molecule has 3 rings (SSSR count). The summed E-state index contributed by atoms with van der Waals surface area (Å²) in [6.07, 6.45) is 2.91. The molecule has 2 aromatic rings. The molecule has 0 amide bonds. The van der Waals surface area contributed by atoms with Crippen molar-refractivity contribution in [2.75, 3.05) is 26.2 Å². The molecule has 0 unspecified atom stereocenters. The van der Waals surface area contributed by atoms with Crippen LogP contribution >= 0.6 is 15.9 Å². The lowest BCUT2D eigenvalue weighted by Gasteiger charge is -2.34. The zero-order valence-corrected chi connectivity index (χ0v) is 16.5.